The van der Waals surface area contributed by atoms with Gasteiger partial charge in [0.05, 0.1) is 17.7 Å². The molecular weight excluding hydrogens is 380 g/mol. The molecule has 148 valence electrons. The number of hydrogen-bond donors (Lipinski definition) is 1. The maximum absolute atomic E-state index is 13.0. The van der Waals surface area contributed by atoms with E-state index < -0.39 is 27.4 Å². The Bertz CT molecular complexity index is 1050. The summed E-state index contributed by atoms with van der Waals surface area (Å²) in [6.45, 7) is -0.380. The Kier molecular flexibility index (Phi) is 4.53. The summed E-state index contributed by atoms with van der Waals surface area (Å²) in [5.74, 6) is -0.990. The fourth-order valence-electron chi connectivity index (χ4n) is 4.30. The Morgan fingerprint density at radius 3 is 2.46 bits per heavy atom. The van der Waals surface area contributed by atoms with Crippen molar-refractivity contribution in [3.05, 3.63) is 36.4 Å². The van der Waals surface area contributed by atoms with Gasteiger partial charge in [0.1, 0.15) is 12.1 Å². The third-order valence-electron chi connectivity index (χ3n) is 5.63. The van der Waals surface area contributed by atoms with Gasteiger partial charge >= 0.3 is 5.97 Å². The highest BCUT2D eigenvalue weighted by Crippen LogP contribution is 2.41. The van der Waals surface area contributed by atoms with Crippen molar-refractivity contribution in [1.82, 2.24) is 5.32 Å². The molecule has 0 aromatic heterocycles. The van der Waals surface area contributed by atoms with Crippen LogP contribution in [0, 0.1) is 0 Å². The van der Waals surface area contributed by atoms with Gasteiger partial charge in [0, 0.05) is 5.39 Å². The Morgan fingerprint density at radius 2 is 1.79 bits per heavy atom. The fraction of sp³-hybridized carbons (Fsp3) is 0.400. The van der Waals surface area contributed by atoms with Gasteiger partial charge in [-0.25, -0.2) is 13.2 Å². The first-order valence-electron chi connectivity index (χ1n) is 9.33. The van der Waals surface area contributed by atoms with Crippen molar-refractivity contribution in [2.24, 2.45) is 0 Å². The van der Waals surface area contributed by atoms with Crippen LogP contribution < -0.4 is 9.62 Å². The van der Waals surface area contributed by atoms with E-state index in [9.17, 15) is 18.0 Å². The maximum Gasteiger partial charge on any atom is 0.331 e. The summed E-state index contributed by atoms with van der Waals surface area (Å²) < 4.78 is 32.1. The van der Waals surface area contributed by atoms with Crippen LogP contribution >= 0.6 is 0 Å². The molecule has 0 unspecified atom stereocenters. The summed E-state index contributed by atoms with van der Waals surface area (Å²) in [7, 11) is -2.52. The van der Waals surface area contributed by atoms with E-state index in [4.69, 9.17) is 4.74 Å². The Morgan fingerprint density at radius 1 is 1.11 bits per heavy atom. The van der Waals surface area contributed by atoms with E-state index in [1.807, 2.05) is 12.1 Å². The molecule has 1 fully saturated rings. The number of carbonyl (C=O) groups is 2. The molecule has 8 heteroatoms. The minimum atomic E-state index is -3.82. The number of benzene rings is 2. The molecule has 1 N–H and O–H groups in total. The third kappa shape index (κ3) is 2.83. The first kappa shape index (κ1) is 18.7. The van der Waals surface area contributed by atoms with Crippen LogP contribution in [0.25, 0.3) is 10.8 Å². The number of anilines is 1. The normalized spacial score (nSPS) is 19.4. The van der Waals surface area contributed by atoms with E-state index in [0.29, 0.717) is 23.9 Å². The first-order chi connectivity index (χ1) is 13.4. The number of amides is 1. The van der Waals surface area contributed by atoms with Crippen LogP contribution in [0.2, 0.25) is 0 Å². The highest BCUT2D eigenvalue weighted by Gasteiger charge is 2.43. The molecule has 0 atom stereocenters. The summed E-state index contributed by atoms with van der Waals surface area (Å²) in [6.07, 6.45) is 3.60. The quantitative estimate of drug-likeness (QED) is 0.793. The molecule has 2 aromatic carbocycles. The highest BCUT2D eigenvalue weighted by molar-refractivity contribution is 7.93. The number of nitrogens with zero attached hydrogens (tertiary/aromatic N) is 1. The molecule has 1 amide bonds. The van der Waals surface area contributed by atoms with Crippen LogP contribution in [0.5, 0.6) is 0 Å². The second-order valence-electron chi connectivity index (χ2n) is 7.33. The van der Waals surface area contributed by atoms with Crippen LogP contribution in [0.3, 0.4) is 0 Å². The van der Waals surface area contributed by atoms with Gasteiger partial charge in [-0.05, 0) is 30.4 Å². The second-order valence-corrected chi connectivity index (χ2v) is 9.16. The molecule has 0 radical (unpaired) electrons. The van der Waals surface area contributed by atoms with E-state index in [0.717, 1.165) is 29.0 Å². The molecule has 0 spiro atoms. The molecule has 4 rings (SSSR count). The maximum atomic E-state index is 13.0. The molecule has 1 saturated carbocycles. The molecule has 2 aromatic rings. The fourth-order valence-corrected chi connectivity index (χ4v) is 5.96. The smallest absolute Gasteiger partial charge is 0.331 e. The third-order valence-corrected chi connectivity index (χ3v) is 7.43. The van der Waals surface area contributed by atoms with Crippen molar-refractivity contribution in [1.29, 1.82) is 0 Å². The predicted molar refractivity (Wildman–Crippen MR) is 104 cm³/mol. The molecule has 0 bridgehead atoms. The molecule has 0 saturated heterocycles. The zero-order chi connectivity index (χ0) is 19.9. The predicted octanol–water partition coefficient (Wildman–Crippen LogP) is 2.34. The standard InChI is InChI=1S/C20H22N2O5S/c1-27-19(24)20(11-3-2-4-12-20)21-17(23)13-22-15-9-5-7-14-8-6-10-16(18(14)15)28(22,25)26/h5-10H,2-4,11-13H2,1H3,(H,21,23). The number of sulfonamides is 1. The minimum Gasteiger partial charge on any atom is -0.467 e. The van der Waals surface area contributed by atoms with Gasteiger partial charge in [0.25, 0.3) is 10.0 Å². The zero-order valence-electron chi connectivity index (χ0n) is 15.6. The van der Waals surface area contributed by atoms with Gasteiger partial charge < -0.3 is 10.1 Å². The van der Waals surface area contributed by atoms with Crippen molar-refractivity contribution in [3.63, 3.8) is 0 Å². The lowest BCUT2D eigenvalue weighted by Crippen LogP contribution is -2.58. The lowest BCUT2D eigenvalue weighted by atomic mass is 9.81. The van der Waals surface area contributed by atoms with E-state index in [1.165, 1.54) is 7.11 Å². The molecule has 2 aliphatic rings. The molecule has 1 aliphatic carbocycles. The van der Waals surface area contributed by atoms with Crippen molar-refractivity contribution in [2.45, 2.75) is 42.5 Å². The number of nitrogens with one attached hydrogen (secondary N) is 1. The van der Waals surface area contributed by atoms with Gasteiger partial charge in [-0.3, -0.25) is 9.10 Å². The Labute approximate surface area is 163 Å². The van der Waals surface area contributed by atoms with Crippen LogP contribution in [0.1, 0.15) is 32.1 Å². The van der Waals surface area contributed by atoms with Crippen LogP contribution in [-0.2, 0) is 24.3 Å². The summed E-state index contributed by atoms with van der Waals surface area (Å²) in [5, 5.41) is 4.22. The summed E-state index contributed by atoms with van der Waals surface area (Å²) in [4.78, 5) is 25.4. The van der Waals surface area contributed by atoms with Crippen molar-refractivity contribution >= 4 is 38.4 Å². The van der Waals surface area contributed by atoms with Crippen LogP contribution in [-0.4, -0.2) is 39.5 Å². The second kappa shape index (κ2) is 6.77. The van der Waals surface area contributed by atoms with Crippen molar-refractivity contribution < 1.29 is 22.7 Å². The SMILES string of the molecule is COC(=O)C1(NC(=O)CN2c3cccc4cccc(c34)S2(=O)=O)CCCCC1. The lowest BCUT2D eigenvalue weighted by molar-refractivity contribution is -0.152. The van der Waals surface area contributed by atoms with Crippen molar-refractivity contribution in [2.75, 3.05) is 18.0 Å². The summed E-state index contributed by atoms with van der Waals surface area (Å²) in [6, 6.07) is 10.4. The summed E-state index contributed by atoms with van der Waals surface area (Å²) >= 11 is 0. The van der Waals surface area contributed by atoms with Crippen LogP contribution in [0.4, 0.5) is 5.69 Å². The van der Waals surface area contributed by atoms with Crippen LogP contribution in [0.15, 0.2) is 41.3 Å². The Balaban J connectivity index is 1.63. The van der Waals surface area contributed by atoms with Crippen molar-refractivity contribution in [3.8, 4) is 0 Å². The first-order valence-corrected chi connectivity index (χ1v) is 10.8. The van der Waals surface area contributed by atoms with E-state index in [1.54, 1.807) is 24.3 Å². The van der Waals surface area contributed by atoms with Gasteiger partial charge in [0.2, 0.25) is 5.91 Å². The molecule has 7 nitrogen and oxygen atoms in total. The molecule has 1 aliphatic heterocycles. The average molecular weight is 402 g/mol. The lowest BCUT2D eigenvalue weighted by Gasteiger charge is -2.35. The zero-order valence-corrected chi connectivity index (χ0v) is 16.4. The largest absolute Gasteiger partial charge is 0.467 e. The van der Waals surface area contributed by atoms with Gasteiger partial charge in [0.15, 0.2) is 0 Å². The number of hydrogen-bond acceptors (Lipinski definition) is 5. The average Bonchev–Trinajstić information content (AvgIpc) is 2.91. The number of methoxy groups -OCH3 is 1. The van der Waals surface area contributed by atoms with Gasteiger partial charge in [-0.15, -0.1) is 0 Å². The highest BCUT2D eigenvalue weighted by atomic mass is 32.2. The number of carbonyl (C=O) groups excluding carboxylic acids is 2. The van der Waals surface area contributed by atoms with Gasteiger partial charge in [-0.2, -0.15) is 0 Å². The van der Waals surface area contributed by atoms with Gasteiger partial charge in [-0.1, -0.05) is 43.5 Å². The van der Waals surface area contributed by atoms with E-state index in [-0.39, 0.29) is 11.4 Å². The topological polar surface area (TPSA) is 92.8 Å². The molecular formula is C20H22N2O5S. The minimum absolute atomic E-state index is 0.203. The monoisotopic (exact) mass is 402 g/mol. The molecule has 28 heavy (non-hydrogen) atoms. The Hall–Kier alpha value is -2.61. The number of rotatable bonds is 4. The van der Waals surface area contributed by atoms with E-state index >= 15 is 0 Å². The summed E-state index contributed by atoms with van der Waals surface area (Å²) in [5.41, 5.74) is -0.592. The number of esters is 1. The molecule has 1 heterocycles. The number of ether oxygens (including phenoxy) is 1. The van der Waals surface area contributed by atoms with E-state index in [2.05, 4.69) is 5.32 Å².